The van der Waals surface area contributed by atoms with Crippen molar-refractivity contribution in [3.8, 4) is 17.2 Å². The molecule has 7 nitrogen and oxygen atoms in total. The summed E-state index contributed by atoms with van der Waals surface area (Å²) in [5.41, 5.74) is 0. The summed E-state index contributed by atoms with van der Waals surface area (Å²) in [4.78, 5) is 0. The Labute approximate surface area is 106 Å². The molecule has 0 bridgehead atoms. The Bertz CT molecular complexity index is 445. The number of rotatable bonds is 4. The molecule has 0 atom stereocenters. The van der Waals surface area contributed by atoms with Crippen LogP contribution in [0.3, 0.4) is 0 Å². The van der Waals surface area contributed by atoms with Crippen molar-refractivity contribution in [3.05, 3.63) is 18.2 Å². The molecular formula is C10H16O7S. The summed E-state index contributed by atoms with van der Waals surface area (Å²) >= 11 is 0. The van der Waals surface area contributed by atoms with Crippen LogP contribution >= 0.6 is 0 Å². The van der Waals surface area contributed by atoms with Crippen LogP contribution in [0.15, 0.2) is 18.2 Å². The molecule has 0 saturated carbocycles. The summed E-state index contributed by atoms with van der Waals surface area (Å²) in [6.45, 7) is 0. The van der Waals surface area contributed by atoms with Crippen LogP contribution in [-0.4, -0.2) is 42.0 Å². The molecule has 0 heterocycles. The van der Waals surface area contributed by atoms with Gasteiger partial charge in [0.25, 0.3) is 0 Å². The summed E-state index contributed by atoms with van der Waals surface area (Å²) in [5, 5.41) is 9.22. The van der Waals surface area contributed by atoms with Gasteiger partial charge in [-0.3, -0.25) is 8.37 Å². The van der Waals surface area contributed by atoms with Crippen LogP contribution in [-0.2, 0) is 18.8 Å². The van der Waals surface area contributed by atoms with Crippen molar-refractivity contribution in [3.63, 3.8) is 0 Å². The molecule has 1 rings (SSSR count). The lowest BCUT2D eigenvalue weighted by molar-refractivity contribution is 0.286. The number of hydrogen-bond acceptors (Lipinski definition) is 7. The molecule has 8 heteroatoms. The maximum atomic E-state index is 9.92. The molecule has 0 spiro atoms. The largest absolute Gasteiger partial charge is 0.504 e. The van der Waals surface area contributed by atoms with Gasteiger partial charge in [0.15, 0.2) is 11.5 Å². The lowest BCUT2D eigenvalue weighted by Crippen LogP contribution is -2.02. The van der Waals surface area contributed by atoms with Crippen molar-refractivity contribution in [2.75, 3.05) is 28.4 Å². The fraction of sp³-hybridized carbons (Fsp3) is 0.400. The maximum Gasteiger partial charge on any atom is 0.399 e. The third-order valence-corrected chi connectivity index (χ3v) is 2.61. The summed E-state index contributed by atoms with van der Waals surface area (Å²) in [6, 6.07) is 4.87. The molecular weight excluding hydrogens is 264 g/mol. The van der Waals surface area contributed by atoms with E-state index in [-0.39, 0.29) is 5.75 Å². The van der Waals surface area contributed by atoms with Gasteiger partial charge in [-0.25, -0.2) is 0 Å². The molecule has 0 aliphatic carbocycles. The van der Waals surface area contributed by atoms with Gasteiger partial charge in [0, 0.05) is 6.07 Å². The highest BCUT2D eigenvalue weighted by atomic mass is 32.3. The molecule has 1 aromatic rings. The topological polar surface area (TPSA) is 91.3 Å². The van der Waals surface area contributed by atoms with Gasteiger partial charge in [0.05, 0.1) is 28.4 Å². The molecule has 0 radical (unpaired) electrons. The van der Waals surface area contributed by atoms with Gasteiger partial charge in [-0.05, 0) is 12.1 Å². The molecule has 0 fully saturated rings. The van der Waals surface area contributed by atoms with E-state index in [1.807, 2.05) is 0 Å². The van der Waals surface area contributed by atoms with E-state index in [0.717, 1.165) is 14.2 Å². The van der Waals surface area contributed by atoms with Crippen LogP contribution in [0.5, 0.6) is 17.2 Å². The zero-order valence-electron chi connectivity index (χ0n) is 10.5. The predicted molar refractivity (Wildman–Crippen MR) is 64.1 cm³/mol. The minimum Gasteiger partial charge on any atom is -0.504 e. The highest BCUT2D eigenvalue weighted by Crippen LogP contribution is 2.29. The second-order valence-electron chi connectivity index (χ2n) is 2.78. The fourth-order valence-corrected chi connectivity index (χ4v) is 1.00. The van der Waals surface area contributed by atoms with E-state index in [1.54, 1.807) is 19.2 Å². The first-order valence-corrected chi connectivity index (χ1v) is 6.00. The molecule has 104 valence electrons. The molecule has 1 N–H and O–H groups in total. The summed E-state index contributed by atoms with van der Waals surface area (Å²) in [5.74, 6) is 1.15. The van der Waals surface area contributed by atoms with Crippen molar-refractivity contribution >= 4 is 10.4 Å². The molecule has 0 saturated heterocycles. The van der Waals surface area contributed by atoms with Gasteiger partial charge in [0.2, 0.25) is 0 Å². The second kappa shape index (κ2) is 7.75. The van der Waals surface area contributed by atoms with Crippen LogP contribution in [0, 0.1) is 0 Å². The van der Waals surface area contributed by atoms with Gasteiger partial charge in [-0.1, -0.05) is 0 Å². The number of benzene rings is 1. The monoisotopic (exact) mass is 280 g/mol. The highest BCUT2D eigenvalue weighted by molar-refractivity contribution is 7.81. The van der Waals surface area contributed by atoms with Crippen LogP contribution in [0.4, 0.5) is 0 Å². The van der Waals surface area contributed by atoms with E-state index >= 15 is 0 Å². The summed E-state index contributed by atoms with van der Waals surface area (Å²) in [6.07, 6.45) is 0. The normalized spacial score (nSPS) is 10.2. The van der Waals surface area contributed by atoms with Crippen molar-refractivity contribution in [1.82, 2.24) is 0 Å². The first-order chi connectivity index (χ1) is 8.40. The van der Waals surface area contributed by atoms with Gasteiger partial charge < -0.3 is 14.6 Å². The smallest absolute Gasteiger partial charge is 0.399 e. The van der Waals surface area contributed by atoms with Gasteiger partial charge in [-0.2, -0.15) is 8.42 Å². The van der Waals surface area contributed by atoms with Crippen LogP contribution in [0.25, 0.3) is 0 Å². The Kier molecular flexibility index (Phi) is 7.10. The van der Waals surface area contributed by atoms with Crippen molar-refractivity contribution in [2.45, 2.75) is 0 Å². The second-order valence-corrected chi connectivity index (χ2v) is 4.26. The first kappa shape index (κ1) is 16.5. The Morgan fingerprint density at radius 3 is 1.83 bits per heavy atom. The molecule has 0 amide bonds. The number of aromatic hydroxyl groups is 1. The van der Waals surface area contributed by atoms with Crippen molar-refractivity contribution in [2.24, 2.45) is 0 Å². The molecule has 0 unspecified atom stereocenters. The highest BCUT2D eigenvalue weighted by Gasteiger charge is 2.01. The van der Waals surface area contributed by atoms with E-state index in [1.165, 1.54) is 13.2 Å². The quantitative estimate of drug-likeness (QED) is 0.877. The SMILES string of the molecule is COS(=O)(=O)OC.COc1ccc(OC)c(O)c1. The van der Waals surface area contributed by atoms with E-state index in [9.17, 15) is 13.5 Å². The summed E-state index contributed by atoms with van der Waals surface area (Å²) in [7, 11) is 1.44. The zero-order chi connectivity index (χ0) is 14.2. The Morgan fingerprint density at radius 1 is 1.00 bits per heavy atom. The number of ether oxygens (including phenoxy) is 2. The lowest BCUT2D eigenvalue weighted by atomic mass is 10.3. The van der Waals surface area contributed by atoms with Crippen molar-refractivity contribution < 1.29 is 31.4 Å². The minimum absolute atomic E-state index is 0.0897. The predicted octanol–water partition coefficient (Wildman–Crippen LogP) is 0.933. The number of phenolic OH excluding ortho intramolecular Hbond substituents is 1. The van der Waals surface area contributed by atoms with Crippen molar-refractivity contribution in [1.29, 1.82) is 0 Å². The lowest BCUT2D eigenvalue weighted by Gasteiger charge is -2.04. The third-order valence-electron chi connectivity index (χ3n) is 1.79. The van der Waals surface area contributed by atoms with E-state index in [2.05, 4.69) is 8.37 Å². The average Bonchev–Trinajstić information content (AvgIpc) is 2.39. The van der Waals surface area contributed by atoms with E-state index in [0.29, 0.717) is 11.5 Å². The number of hydrogen-bond donors (Lipinski definition) is 1. The van der Waals surface area contributed by atoms with Gasteiger partial charge in [0.1, 0.15) is 5.75 Å². The molecule has 0 aliphatic rings. The molecule has 0 aliphatic heterocycles. The maximum absolute atomic E-state index is 9.92. The third kappa shape index (κ3) is 5.71. The van der Waals surface area contributed by atoms with Crippen LogP contribution < -0.4 is 9.47 Å². The fourth-order valence-electron chi connectivity index (χ4n) is 0.865. The van der Waals surface area contributed by atoms with Crippen LogP contribution in [0.2, 0.25) is 0 Å². The number of phenols is 1. The minimum atomic E-state index is -3.66. The average molecular weight is 280 g/mol. The number of methoxy groups -OCH3 is 2. The summed E-state index contributed by atoms with van der Waals surface area (Å²) < 4.78 is 37.2. The first-order valence-electron chi connectivity index (χ1n) is 4.67. The van der Waals surface area contributed by atoms with Gasteiger partial charge in [-0.15, -0.1) is 0 Å². The van der Waals surface area contributed by atoms with E-state index < -0.39 is 10.4 Å². The standard InChI is InChI=1S/C8H10O3.C2H6O4S/c1-10-6-3-4-8(11-2)7(9)5-6;1-5-7(3,4)6-2/h3-5,9H,1-2H3;1-2H3. The Morgan fingerprint density at radius 2 is 1.56 bits per heavy atom. The molecule has 1 aromatic carbocycles. The zero-order valence-corrected chi connectivity index (χ0v) is 11.4. The Hall–Kier alpha value is -1.51. The molecule has 0 aromatic heterocycles. The Balaban J connectivity index is 0.000000360. The van der Waals surface area contributed by atoms with E-state index in [4.69, 9.17) is 9.47 Å². The molecule has 18 heavy (non-hydrogen) atoms. The van der Waals surface area contributed by atoms with Crippen LogP contribution in [0.1, 0.15) is 0 Å². The van der Waals surface area contributed by atoms with Gasteiger partial charge >= 0.3 is 10.4 Å².